The molecule has 0 amide bonds. The highest BCUT2D eigenvalue weighted by molar-refractivity contribution is 5.32. The van der Waals surface area contributed by atoms with Gasteiger partial charge in [-0.1, -0.05) is 18.2 Å². The first-order valence-electron chi connectivity index (χ1n) is 5.07. The van der Waals surface area contributed by atoms with Crippen molar-refractivity contribution >= 4 is 0 Å². The number of aliphatic hydroxyl groups excluding tert-OH is 1. The molecule has 0 spiro atoms. The summed E-state index contributed by atoms with van der Waals surface area (Å²) in [6.07, 6.45) is -1.69. The minimum absolute atomic E-state index is 0.319. The average Bonchev–Trinajstić information content (AvgIpc) is 2.32. The van der Waals surface area contributed by atoms with Crippen LogP contribution in [0.2, 0.25) is 0 Å². The Morgan fingerprint density at radius 2 is 1.56 bits per heavy atom. The van der Waals surface area contributed by atoms with E-state index >= 15 is 0 Å². The Bertz CT molecular complexity index is 583. The minimum atomic E-state index is -1.69. The molecule has 0 saturated carbocycles. The van der Waals surface area contributed by atoms with Crippen molar-refractivity contribution in [3.63, 3.8) is 0 Å². The lowest BCUT2D eigenvalue weighted by Crippen LogP contribution is -2.06. The van der Waals surface area contributed by atoms with Gasteiger partial charge < -0.3 is 5.11 Å². The lowest BCUT2D eigenvalue weighted by molar-refractivity contribution is 0.208. The summed E-state index contributed by atoms with van der Waals surface area (Å²) in [6.45, 7) is 0. The van der Waals surface area contributed by atoms with Crippen molar-refractivity contribution in [1.29, 1.82) is 0 Å². The van der Waals surface area contributed by atoms with E-state index in [-0.39, 0.29) is 5.56 Å². The van der Waals surface area contributed by atoms with Gasteiger partial charge >= 0.3 is 0 Å². The second-order valence-corrected chi connectivity index (χ2v) is 3.71. The summed E-state index contributed by atoms with van der Waals surface area (Å²) in [5.74, 6) is -4.24. The molecule has 0 aromatic heterocycles. The minimum Gasteiger partial charge on any atom is -0.383 e. The first kappa shape index (κ1) is 12.6. The van der Waals surface area contributed by atoms with E-state index in [9.17, 15) is 22.7 Å². The second-order valence-electron chi connectivity index (χ2n) is 3.71. The van der Waals surface area contributed by atoms with Gasteiger partial charge in [0.15, 0.2) is 11.6 Å². The Morgan fingerprint density at radius 3 is 2.22 bits per heavy atom. The van der Waals surface area contributed by atoms with E-state index in [2.05, 4.69) is 0 Å². The zero-order valence-corrected chi connectivity index (χ0v) is 9.00. The molecule has 1 atom stereocenters. The maximum absolute atomic E-state index is 13.4. The Hall–Kier alpha value is -1.88. The first-order chi connectivity index (χ1) is 8.50. The van der Waals surface area contributed by atoms with E-state index in [0.717, 1.165) is 24.3 Å². The zero-order valence-electron chi connectivity index (χ0n) is 9.00. The summed E-state index contributed by atoms with van der Waals surface area (Å²) in [5, 5.41) is 9.80. The first-order valence-corrected chi connectivity index (χ1v) is 5.07. The fraction of sp³-hybridized carbons (Fsp3) is 0.0769. The molecule has 94 valence electrons. The number of halogens is 4. The molecule has 0 radical (unpaired) electrons. The van der Waals surface area contributed by atoms with Crippen molar-refractivity contribution in [2.75, 3.05) is 0 Å². The standard InChI is InChI=1S/C13H8F4O/c14-7-4-5-8(11(16)6-7)13(18)9-2-1-3-10(15)12(9)17/h1-6,13,18H. The summed E-state index contributed by atoms with van der Waals surface area (Å²) in [4.78, 5) is 0. The van der Waals surface area contributed by atoms with Gasteiger partial charge in [-0.2, -0.15) is 0 Å². The summed E-state index contributed by atoms with van der Waals surface area (Å²) in [7, 11) is 0. The van der Waals surface area contributed by atoms with Gasteiger partial charge in [0, 0.05) is 17.2 Å². The molecule has 2 aromatic rings. The lowest BCUT2D eigenvalue weighted by atomic mass is 10.0. The van der Waals surface area contributed by atoms with Gasteiger partial charge in [-0.05, 0) is 12.1 Å². The van der Waals surface area contributed by atoms with Gasteiger partial charge in [-0.15, -0.1) is 0 Å². The van der Waals surface area contributed by atoms with Crippen LogP contribution < -0.4 is 0 Å². The topological polar surface area (TPSA) is 20.2 Å². The van der Waals surface area contributed by atoms with Gasteiger partial charge in [-0.25, -0.2) is 17.6 Å². The van der Waals surface area contributed by atoms with Gasteiger partial charge in [0.05, 0.1) is 0 Å². The maximum atomic E-state index is 13.4. The molecular formula is C13H8F4O. The summed E-state index contributed by atoms with van der Waals surface area (Å²) < 4.78 is 52.5. The SMILES string of the molecule is OC(c1ccc(F)cc1F)c1cccc(F)c1F. The predicted octanol–water partition coefficient (Wildman–Crippen LogP) is 3.32. The third-order valence-electron chi connectivity index (χ3n) is 2.53. The van der Waals surface area contributed by atoms with Crippen LogP contribution in [0.4, 0.5) is 17.6 Å². The molecule has 0 aliphatic carbocycles. The van der Waals surface area contributed by atoms with E-state index in [4.69, 9.17) is 0 Å². The highest BCUT2D eigenvalue weighted by Crippen LogP contribution is 2.27. The monoisotopic (exact) mass is 256 g/mol. The van der Waals surface area contributed by atoms with Crippen LogP contribution in [-0.2, 0) is 0 Å². The molecule has 1 nitrogen and oxygen atoms in total. The Kier molecular flexibility index (Phi) is 3.34. The third-order valence-corrected chi connectivity index (χ3v) is 2.53. The number of hydrogen-bond donors (Lipinski definition) is 1. The fourth-order valence-electron chi connectivity index (χ4n) is 1.62. The number of benzene rings is 2. The van der Waals surface area contributed by atoms with Crippen molar-refractivity contribution in [2.45, 2.75) is 6.10 Å². The highest BCUT2D eigenvalue weighted by Gasteiger charge is 2.20. The normalized spacial score (nSPS) is 12.5. The average molecular weight is 256 g/mol. The molecule has 2 aromatic carbocycles. The molecular weight excluding hydrogens is 248 g/mol. The van der Waals surface area contributed by atoms with E-state index in [1.807, 2.05) is 0 Å². The van der Waals surface area contributed by atoms with Crippen LogP contribution in [0.15, 0.2) is 36.4 Å². The quantitative estimate of drug-likeness (QED) is 0.817. The second kappa shape index (κ2) is 4.78. The third kappa shape index (κ3) is 2.22. The molecule has 0 fully saturated rings. The van der Waals surface area contributed by atoms with Gasteiger partial charge in [0.1, 0.15) is 17.7 Å². The van der Waals surface area contributed by atoms with Gasteiger partial charge in [0.25, 0.3) is 0 Å². The summed E-state index contributed by atoms with van der Waals surface area (Å²) in [5.41, 5.74) is -0.721. The Labute approximate surface area is 100 Å². The van der Waals surface area contributed by atoms with Crippen molar-refractivity contribution < 1.29 is 22.7 Å². The number of rotatable bonds is 2. The van der Waals surface area contributed by atoms with Gasteiger partial charge in [-0.3, -0.25) is 0 Å². The van der Waals surface area contributed by atoms with Crippen LogP contribution >= 0.6 is 0 Å². The van der Waals surface area contributed by atoms with Crippen LogP contribution in [0.3, 0.4) is 0 Å². The number of aliphatic hydroxyl groups is 1. The van der Waals surface area contributed by atoms with Crippen molar-refractivity contribution in [3.8, 4) is 0 Å². The van der Waals surface area contributed by atoms with Crippen LogP contribution in [0.1, 0.15) is 17.2 Å². The van der Waals surface area contributed by atoms with Crippen molar-refractivity contribution in [3.05, 3.63) is 70.8 Å². The van der Waals surface area contributed by atoms with E-state index in [1.165, 1.54) is 6.07 Å². The van der Waals surface area contributed by atoms with Crippen LogP contribution in [0.25, 0.3) is 0 Å². The molecule has 2 rings (SSSR count). The van der Waals surface area contributed by atoms with Crippen molar-refractivity contribution in [1.82, 2.24) is 0 Å². The lowest BCUT2D eigenvalue weighted by Gasteiger charge is -2.13. The smallest absolute Gasteiger partial charge is 0.164 e. The molecule has 1 N–H and O–H groups in total. The van der Waals surface area contributed by atoms with E-state index in [0.29, 0.717) is 6.07 Å². The molecule has 0 aliphatic heterocycles. The zero-order chi connectivity index (χ0) is 13.3. The molecule has 0 saturated heterocycles. The molecule has 5 heteroatoms. The Morgan fingerprint density at radius 1 is 0.833 bits per heavy atom. The molecule has 0 aliphatic rings. The molecule has 18 heavy (non-hydrogen) atoms. The largest absolute Gasteiger partial charge is 0.383 e. The molecule has 0 heterocycles. The summed E-state index contributed by atoms with van der Waals surface area (Å²) >= 11 is 0. The maximum Gasteiger partial charge on any atom is 0.164 e. The van der Waals surface area contributed by atoms with Crippen LogP contribution in [0, 0.1) is 23.3 Å². The van der Waals surface area contributed by atoms with Crippen LogP contribution in [-0.4, -0.2) is 5.11 Å². The molecule has 1 unspecified atom stereocenters. The van der Waals surface area contributed by atoms with E-state index < -0.39 is 34.9 Å². The molecule has 0 bridgehead atoms. The number of hydrogen-bond acceptors (Lipinski definition) is 1. The summed E-state index contributed by atoms with van der Waals surface area (Å²) in [6, 6.07) is 5.69. The predicted molar refractivity (Wildman–Crippen MR) is 56.8 cm³/mol. The highest BCUT2D eigenvalue weighted by atomic mass is 19.2. The fourth-order valence-corrected chi connectivity index (χ4v) is 1.62. The Balaban J connectivity index is 2.48. The van der Waals surface area contributed by atoms with E-state index in [1.54, 1.807) is 0 Å². The van der Waals surface area contributed by atoms with Crippen molar-refractivity contribution in [2.24, 2.45) is 0 Å². The van der Waals surface area contributed by atoms with Gasteiger partial charge in [0.2, 0.25) is 0 Å². The van der Waals surface area contributed by atoms with Crippen LogP contribution in [0.5, 0.6) is 0 Å².